The highest BCUT2D eigenvalue weighted by atomic mass is 16.7. The molecule has 0 spiro atoms. The van der Waals surface area contributed by atoms with E-state index < -0.39 is 23.0 Å². The molecule has 2 N–H and O–H groups in total. The second-order valence-electron chi connectivity index (χ2n) is 9.98. The number of aryl methyl sites for hydroxylation is 1. The van der Waals surface area contributed by atoms with Crippen LogP contribution in [0.25, 0.3) is 0 Å². The second-order valence-corrected chi connectivity index (χ2v) is 9.98. The zero-order valence-electron chi connectivity index (χ0n) is 20.1. The number of rotatable bonds is 7. The average Bonchev–Trinajstić information content (AvgIpc) is 2.70. The number of benzene rings is 2. The van der Waals surface area contributed by atoms with Crippen LogP contribution >= 0.6 is 0 Å². The Morgan fingerprint density at radius 3 is 2.33 bits per heavy atom. The fraction of sp³-hybridized carbons (Fsp3) is 0.500. The summed E-state index contributed by atoms with van der Waals surface area (Å²) in [5, 5.41) is 12.6. The molecule has 3 rings (SSSR count). The Morgan fingerprint density at radius 1 is 1.06 bits per heavy atom. The maximum atomic E-state index is 12.5. The molecule has 0 bridgehead atoms. The Hall–Kier alpha value is -2.77. The molecule has 2 aromatic rings. The predicted molar refractivity (Wildman–Crippen MR) is 126 cm³/mol. The minimum absolute atomic E-state index is 0.164. The molecule has 0 unspecified atom stereocenters. The van der Waals surface area contributed by atoms with Crippen molar-refractivity contribution < 1.29 is 28.8 Å². The molecule has 33 heavy (non-hydrogen) atoms. The summed E-state index contributed by atoms with van der Waals surface area (Å²) in [4.78, 5) is 12.5. The van der Waals surface area contributed by atoms with E-state index in [1.165, 1.54) is 0 Å². The SMILES string of the molecule is CC(C)(C)OC(=O)NC1(CCCc2ccc(Oc3cccc(O)c3)cc2)COC(C)(C)OC1. The van der Waals surface area contributed by atoms with Crippen molar-refractivity contribution in [2.45, 2.75) is 70.8 Å². The summed E-state index contributed by atoms with van der Waals surface area (Å²) in [5.74, 6) is 0.767. The number of carbonyl (C=O) groups excluding carboxylic acids is 1. The molecular weight excluding hydrogens is 422 g/mol. The van der Waals surface area contributed by atoms with Gasteiger partial charge in [0.1, 0.15) is 22.8 Å². The molecule has 0 aromatic heterocycles. The summed E-state index contributed by atoms with van der Waals surface area (Å²) < 4.78 is 23.0. The van der Waals surface area contributed by atoms with Gasteiger partial charge in [-0.15, -0.1) is 0 Å². The second kappa shape index (κ2) is 10.0. The predicted octanol–water partition coefficient (Wildman–Crippen LogP) is 5.55. The zero-order valence-corrected chi connectivity index (χ0v) is 20.1. The molecule has 1 aliphatic heterocycles. The Balaban J connectivity index is 1.57. The topological polar surface area (TPSA) is 86.3 Å². The number of alkyl carbamates (subject to hydrolysis) is 1. The number of phenols is 1. The number of carbonyl (C=O) groups is 1. The standard InChI is InChI=1S/C26H35NO6/c1-24(2,3)33-23(29)27-26(17-30-25(4,5)31-18-26)15-7-8-19-11-13-21(14-12-19)32-22-10-6-9-20(28)16-22/h6,9-14,16,28H,7-8,15,17-18H2,1-5H3,(H,27,29). The lowest BCUT2D eigenvalue weighted by atomic mass is 9.92. The molecule has 1 saturated heterocycles. The fourth-order valence-electron chi connectivity index (χ4n) is 3.54. The van der Waals surface area contributed by atoms with Gasteiger partial charge in [0, 0.05) is 6.07 Å². The van der Waals surface area contributed by atoms with Crippen LogP contribution in [0.15, 0.2) is 48.5 Å². The highest BCUT2D eigenvalue weighted by molar-refractivity contribution is 5.69. The van der Waals surface area contributed by atoms with Crippen LogP contribution in [-0.4, -0.2) is 41.3 Å². The van der Waals surface area contributed by atoms with Crippen LogP contribution in [-0.2, 0) is 20.6 Å². The molecule has 0 aliphatic carbocycles. The first-order chi connectivity index (χ1) is 15.4. The van der Waals surface area contributed by atoms with Gasteiger partial charge in [0.05, 0.1) is 18.8 Å². The molecule has 1 heterocycles. The van der Waals surface area contributed by atoms with Gasteiger partial charge in [0.15, 0.2) is 5.79 Å². The first-order valence-corrected chi connectivity index (χ1v) is 11.3. The van der Waals surface area contributed by atoms with E-state index in [2.05, 4.69) is 5.32 Å². The monoisotopic (exact) mass is 457 g/mol. The minimum atomic E-state index is -0.676. The van der Waals surface area contributed by atoms with E-state index >= 15 is 0 Å². The van der Waals surface area contributed by atoms with Crippen LogP contribution in [0.2, 0.25) is 0 Å². The Labute approximate surface area is 196 Å². The van der Waals surface area contributed by atoms with E-state index in [4.69, 9.17) is 18.9 Å². The van der Waals surface area contributed by atoms with Crippen LogP contribution < -0.4 is 10.1 Å². The van der Waals surface area contributed by atoms with Gasteiger partial charge in [-0.05, 0) is 83.7 Å². The molecule has 180 valence electrons. The summed E-state index contributed by atoms with van der Waals surface area (Å²) in [6.45, 7) is 9.96. The number of aromatic hydroxyl groups is 1. The smallest absolute Gasteiger partial charge is 0.408 e. The Morgan fingerprint density at radius 2 is 1.73 bits per heavy atom. The summed E-state index contributed by atoms with van der Waals surface area (Å²) in [6.07, 6.45) is 1.87. The zero-order chi connectivity index (χ0) is 24.1. The van der Waals surface area contributed by atoms with E-state index in [1.807, 2.05) is 58.9 Å². The molecule has 1 aliphatic rings. The number of hydrogen-bond donors (Lipinski definition) is 2. The summed E-state index contributed by atoms with van der Waals surface area (Å²) in [6, 6.07) is 14.5. The molecule has 0 saturated carbocycles. The van der Waals surface area contributed by atoms with Crippen LogP contribution in [0.5, 0.6) is 17.2 Å². The highest BCUT2D eigenvalue weighted by Crippen LogP contribution is 2.29. The van der Waals surface area contributed by atoms with Gasteiger partial charge in [0.25, 0.3) is 0 Å². The van der Waals surface area contributed by atoms with Crippen molar-refractivity contribution in [2.24, 2.45) is 0 Å². The van der Waals surface area contributed by atoms with E-state index in [1.54, 1.807) is 24.3 Å². The van der Waals surface area contributed by atoms with Crippen molar-refractivity contribution >= 4 is 6.09 Å². The summed E-state index contributed by atoms with van der Waals surface area (Å²) in [5.41, 5.74) is -0.0666. The molecule has 1 fully saturated rings. The third-order valence-corrected chi connectivity index (χ3v) is 5.26. The largest absolute Gasteiger partial charge is 0.508 e. The number of phenolic OH excluding ortho intramolecular Hbond substituents is 1. The van der Waals surface area contributed by atoms with Crippen LogP contribution in [0.4, 0.5) is 4.79 Å². The Kier molecular flexibility index (Phi) is 7.55. The van der Waals surface area contributed by atoms with Crippen LogP contribution in [0.3, 0.4) is 0 Å². The summed E-state index contributed by atoms with van der Waals surface area (Å²) in [7, 11) is 0. The fourth-order valence-corrected chi connectivity index (χ4v) is 3.54. The molecule has 2 aromatic carbocycles. The quantitative estimate of drug-likeness (QED) is 0.567. The maximum absolute atomic E-state index is 12.5. The first-order valence-electron chi connectivity index (χ1n) is 11.3. The molecule has 1 amide bonds. The van der Waals surface area contributed by atoms with Gasteiger partial charge in [-0.25, -0.2) is 4.79 Å². The number of hydrogen-bond acceptors (Lipinski definition) is 6. The van der Waals surface area contributed by atoms with Crippen molar-refractivity contribution in [2.75, 3.05) is 13.2 Å². The average molecular weight is 458 g/mol. The van der Waals surface area contributed by atoms with Gasteiger partial charge in [-0.1, -0.05) is 18.2 Å². The first kappa shape index (κ1) is 24.9. The molecule has 7 heteroatoms. The van der Waals surface area contributed by atoms with E-state index in [9.17, 15) is 9.90 Å². The number of nitrogens with one attached hydrogen (secondary N) is 1. The lowest BCUT2D eigenvalue weighted by Crippen LogP contribution is -2.61. The Bertz CT molecular complexity index is 923. The van der Waals surface area contributed by atoms with Crippen molar-refractivity contribution in [1.29, 1.82) is 0 Å². The van der Waals surface area contributed by atoms with Crippen molar-refractivity contribution in [1.82, 2.24) is 5.32 Å². The van der Waals surface area contributed by atoms with Gasteiger partial charge >= 0.3 is 6.09 Å². The van der Waals surface area contributed by atoms with Gasteiger partial charge in [0.2, 0.25) is 0 Å². The molecular formula is C26H35NO6. The molecule has 0 atom stereocenters. The molecule has 0 radical (unpaired) electrons. The minimum Gasteiger partial charge on any atom is -0.508 e. The van der Waals surface area contributed by atoms with Gasteiger partial charge in [-0.2, -0.15) is 0 Å². The lowest BCUT2D eigenvalue weighted by Gasteiger charge is -2.44. The molecule has 7 nitrogen and oxygen atoms in total. The lowest BCUT2D eigenvalue weighted by molar-refractivity contribution is -0.271. The van der Waals surface area contributed by atoms with Gasteiger partial charge < -0.3 is 29.4 Å². The summed E-state index contributed by atoms with van der Waals surface area (Å²) >= 11 is 0. The van der Waals surface area contributed by atoms with E-state index in [-0.39, 0.29) is 5.75 Å². The third-order valence-electron chi connectivity index (χ3n) is 5.26. The van der Waals surface area contributed by atoms with Crippen molar-refractivity contribution in [3.63, 3.8) is 0 Å². The van der Waals surface area contributed by atoms with Crippen molar-refractivity contribution in [3.05, 3.63) is 54.1 Å². The van der Waals surface area contributed by atoms with Crippen LogP contribution in [0, 0.1) is 0 Å². The van der Waals surface area contributed by atoms with Gasteiger partial charge in [-0.3, -0.25) is 0 Å². The maximum Gasteiger partial charge on any atom is 0.408 e. The number of amides is 1. The third kappa shape index (κ3) is 7.94. The number of ether oxygens (including phenoxy) is 4. The van der Waals surface area contributed by atoms with Crippen LogP contribution in [0.1, 0.15) is 53.0 Å². The highest BCUT2D eigenvalue weighted by Gasteiger charge is 2.41. The van der Waals surface area contributed by atoms with E-state index in [0.717, 1.165) is 18.4 Å². The van der Waals surface area contributed by atoms with Crippen molar-refractivity contribution in [3.8, 4) is 17.2 Å². The normalized spacial score (nSPS) is 17.2. The van der Waals surface area contributed by atoms with E-state index in [0.29, 0.717) is 31.1 Å².